The Kier molecular flexibility index (Phi) is 4.90. The van der Waals surface area contributed by atoms with Gasteiger partial charge in [0.2, 0.25) is 5.76 Å². The van der Waals surface area contributed by atoms with Gasteiger partial charge in [0.05, 0.1) is 24.1 Å². The highest BCUT2D eigenvalue weighted by Gasteiger charge is 2.42. The summed E-state index contributed by atoms with van der Waals surface area (Å²) in [6.07, 6.45) is 2.96. The van der Waals surface area contributed by atoms with Gasteiger partial charge in [-0.3, -0.25) is 9.59 Å². The topological polar surface area (TPSA) is 59.8 Å². The lowest BCUT2D eigenvalue weighted by atomic mass is 9.98. The maximum Gasteiger partial charge on any atom is 0.290 e. The van der Waals surface area contributed by atoms with E-state index in [4.69, 9.17) is 9.15 Å². The number of carbonyl (C=O) groups excluding carboxylic acids is 1. The number of hydrogen-bond donors (Lipinski definition) is 0. The van der Waals surface area contributed by atoms with Crippen LogP contribution >= 0.6 is 0 Å². The average molecular weight is 377 g/mol. The largest absolute Gasteiger partial charge is 0.497 e. The molecule has 3 aromatic rings. The van der Waals surface area contributed by atoms with Gasteiger partial charge in [0.25, 0.3) is 5.91 Å². The first-order valence-corrected chi connectivity index (χ1v) is 9.66. The number of fused-ring (bicyclic) bond motifs is 2. The Balaban J connectivity index is 1.91. The Morgan fingerprint density at radius 3 is 2.68 bits per heavy atom. The maximum atomic E-state index is 13.3. The highest BCUT2D eigenvalue weighted by molar-refractivity contribution is 5.99. The van der Waals surface area contributed by atoms with Gasteiger partial charge in [0.1, 0.15) is 11.3 Å². The molecule has 0 saturated carbocycles. The molecule has 0 radical (unpaired) electrons. The Labute approximate surface area is 163 Å². The van der Waals surface area contributed by atoms with E-state index in [2.05, 4.69) is 6.92 Å². The van der Waals surface area contributed by atoms with E-state index in [-0.39, 0.29) is 17.1 Å². The average Bonchev–Trinajstić information content (AvgIpc) is 3.01. The number of benzene rings is 2. The fourth-order valence-electron chi connectivity index (χ4n) is 3.89. The van der Waals surface area contributed by atoms with Gasteiger partial charge >= 0.3 is 0 Å². The van der Waals surface area contributed by atoms with Crippen molar-refractivity contribution in [2.24, 2.45) is 0 Å². The summed E-state index contributed by atoms with van der Waals surface area (Å²) in [6.45, 7) is 2.70. The van der Waals surface area contributed by atoms with E-state index in [1.165, 1.54) is 0 Å². The molecule has 0 spiro atoms. The summed E-state index contributed by atoms with van der Waals surface area (Å²) in [5.41, 5.74) is 1.58. The number of nitrogens with zero attached hydrogens (tertiary/aromatic N) is 1. The van der Waals surface area contributed by atoms with E-state index in [9.17, 15) is 9.59 Å². The smallest absolute Gasteiger partial charge is 0.290 e. The number of unbranched alkanes of at least 4 members (excludes halogenated alkanes) is 2. The maximum absolute atomic E-state index is 13.3. The molecule has 0 bridgehead atoms. The van der Waals surface area contributed by atoms with Crippen LogP contribution in [0.1, 0.15) is 53.9 Å². The van der Waals surface area contributed by atoms with Crippen LogP contribution in [0.25, 0.3) is 11.0 Å². The van der Waals surface area contributed by atoms with Crippen molar-refractivity contribution in [2.45, 2.75) is 32.2 Å². The molecule has 1 amide bonds. The Bertz CT molecular complexity index is 1090. The fraction of sp³-hybridized carbons (Fsp3) is 0.304. The monoisotopic (exact) mass is 377 g/mol. The van der Waals surface area contributed by atoms with E-state index in [0.29, 0.717) is 28.8 Å². The number of amides is 1. The Hall–Kier alpha value is -3.08. The molecule has 1 atom stereocenters. The van der Waals surface area contributed by atoms with Crippen molar-refractivity contribution >= 4 is 16.9 Å². The lowest BCUT2D eigenvalue weighted by Crippen LogP contribution is -2.30. The van der Waals surface area contributed by atoms with Gasteiger partial charge < -0.3 is 14.1 Å². The van der Waals surface area contributed by atoms with Gasteiger partial charge in [-0.15, -0.1) is 0 Å². The van der Waals surface area contributed by atoms with Crippen LogP contribution < -0.4 is 10.2 Å². The van der Waals surface area contributed by atoms with Crippen molar-refractivity contribution in [1.29, 1.82) is 0 Å². The van der Waals surface area contributed by atoms with Gasteiger partial charge in [0, 0.05) is 6.54 Å². The Morgan fingerprint density at radius 2 is 1.89 bits per heavy atom. The first kappa shape index (κ1) is 18.3. The number of hydrogen-bond acceptors (Lipinski definition) is 4. The minimum atomic E-state index is -0.463. The van der Waals surface area contributed by atoms with Crippen molar-refractivity contribution in [3.8, 4) is 5.75 Å². The zero-order chi connectivity index (χ0) is 19.7. The van der Waals surface area contributed by atoms with E-state index in [1.807, 2.05) is 30.3 Å². The molecule has 2 aromatic carbocycles. The third-order valence-corrected chi connectivity index (χ3v) is 5.29. The van der Waals surface area contributed by atoms with Crippen LogP contribution in [0.3, 0.4) is 0 Å². The van der Waals surface area contributed by atoms with Gasteiger partial charge in [0.15, 0.2) is 5.43 Å². The highest BCUT2D eigenvalue weighted by atomic mass is 16.5. The van der Waals surface area contributed by atoms with Crippen LogP contribution in [0, 0.1) is 0 Å². The summed E-state index contributed by atoms with van der Waals surface area (Å²) < 4.78 is 11.3. The number of rotatable bonds is 6. The molecular weight excluding hydrogens is 354 g/mol. The van der Waals surface area contributed by atoms with Crippen LogP contribution in [-0.2, 0) is 0 Å². The molecule has 0 aliphatic carbocycles. The second-order valence-electron chi connectivity index (χ2n) is 7.05. The van der Waals surface area contributed by atoms with Crippen LogP contribution in [-0.4, -0.2) is 24.5 Å². The zero-order valence-corrected chi connectivity index (χ0v) is 16.1. The lowest BCUT2D eigenvalue weighted by molar-refractivity contribution is 0.0724. The third-order valence-electron chi connectivity index (χ3n) is 5.29. The molecule has 2 heterocycles. The molecule has 0 N–H and O–H groups in total. The minimum Gasteiger partial charge on any atom is -0.497 e. The summed E-state index contributed by atoms with van der Waals surface area (Å²) >= 11 is 0. The summed E-state index contributed by atoms with van der Waals surface area (Å²) in [4.78, 5) is 28.3. The van der Waals surface area contributed by atoms with Gasteiger partial charge in [-0.05, 0) is 36.2 Å². The molecule has 1 aliphatic heterocycles. The van der Waals surface area contributed by atoms with Gasteiger partial charge in [-0.25, -0.2) is 0 Å². The third kappa shape index (κ3) is 2.97. The second-order valence-corrected chi connectivity index (χ2v) is 7.05. The molecule has 0 saturated heterocycles. The molecule has 144 valence electrons. The summed E-state index contributed by atoms with van der Waals surface area (Å²) in [7, 11) is 1.60. The first-order valence-electron chi connectivity index (χ1n) is 9.66. The molecule has 5 nitrogen and oxygen atoms in total. The van der Waals surface area contributed by atoms with Crippen molar-refractivity contribution < 1.29 is 13.9 Å². The molecule has 0 fully saturated rings. The van der Waals surface area contributed by atoms with E-state index in [0.717, 1.165) is 24.8 Å². The normalized spacial score (nSPS) is 15.9. The number of carbonyl (C=O) groups is 1. The SMILES string of the molecule is CCCCCN1C(=O)c2oc3ccccc3c(=O)c2C1c1cccc(OC)c1. The first-order chi connectivity index (χ1) is 13.7. The zero-order valence-electron chi connectivity index (χ0n) is 16.1. The van der Waals surface area contributed by atoms with E-state index < -0.39 is 6.04 Å². The molecule has 1 unspecified atom stereocenters. The molecular formula is C23H23NO4. The number of ether oxygens (including phenoxy) is 1. The molecule has 5 heteroatoms. The van der Waals surface area contributed by atoms with Crippen molar-refractivity contribution in [1.82, 2.24) is 4.90 Å². The quantitative estimate of drug-likeness (QED) is 0.592. The minimum absolute atomic E-state index is 0.143. The number of para-hydroxylation sites is 1. The molecule has 28 heavy (non-hydrogen) atoms. The molecule has 1 aliphatic rings. The molecule has 1 aromatic heterocycles. The predicted molar refractivity (Wildman–Crippen MR) is 108 cm³/mol. The highest BCUT2D eigenvalue weighted by Crippen LogP contribution is 2.39. The van der Waals surface area contributed by atoms with Crippen molar-refractivity contribution in [2.75, 3.05) is 13.7 Å². The summed E-state index contributed by atoms with van der Waals surface area (Å²) in [6, 6.07) is 14.2. The Morgan fingerprint density at radius 1 is 1.07 bits per heavy atom. The predicted octanol–water partition coefficient (Wildman–Crippen LogP) is 4.54. The van der Waals surface area contributed by atoms with Gasteiger partial charge in [-0.1, -0.05) is 44.0 Å². The number of methoxy groups -OCH3 is 1. The van der Waals surface area contributed by atoms with Crippen LogP contribution in [0.2, 0.25) is 0 Å². The lowest BCUT2D eigenvalue weighted by Gasteiger charge is -2.25. The van der Waals surface area contributed by atoms with Gasteiger partial charge in [-0.2, -0.15) is 0 Å². The second kappa shape index (κ2) is 7.50. The van der Waals surface area contributed by atoms with Crippen LogP contribution in [0.4, 0.5) is 0 Å². The molecule has 4 rings (SSSR count). The van der Waals surface area contributed by atoms with E-state index in [1.54, 1.807) is 30.2 Å². The summed E-state index contributed by atoms with van der Waals surface area (Å²) in [5.74, 6) is 0.631. The van der Waals surface area contributed by atoms with Crippen LogP contribution in [0.5, 0.6) is 5.75 Å². The van der Waals surface area contributed by atoms with Crippen molar-refractivity contribution in [3.05, 3.63) is 75.6 Å². The fourth-order valence-corrected chi connectivity index (χ4v) is 3.89. The van der Waals surface area contributed by atoms with Crippen molar-refractivity contribution in [3.63, 3.8) is 0 Å². The van der Waals surface area contributed by atoms with Crippen LogP contribution in [0.15, 0.2) is 57.7 Å². The standard InChI is InChI=1S/C23H23NO4/c1-3-4-7-13-24-20(15-9-8-10-16(14-15)27-2)19-21(25)17-11-5-6-12-18(17)28-22(19)23(24)26/h5-6,8-12,14,20H,3-4,7,13H2,1-2H3. The van der Waals surface area contributed by atoms with E-state index >= 15 is 0 Å². The summed E-state index contributed by atoms with van der Waals surface area (Å²) in [5, 5.41) is 0.498.